The van der Waals surface area contributed by atoms with Gasteiger partial charge in [-0.25, -0.2) is 4.99 Å². The maximum absolute atomic E-state index is 12.8. The van der Waals surface area contributed by atoms with E-state index in [1.807, 2.05) is 25.1 Å². The highest BCUT2D eigenvalue weighted by Crippen LogP contribution is 2.31. The summed E-state index contributed by atoms with van der Waals surface area (Å²) in [5.74, 6) is 0.116. The van der Waals surface area contributed by atoms with Gasteiger partial charge in [-0.15, -0.1) is 0 Å². The normalized spacial score (nSPS) is 18.3. The molecule has 0 radical (unpaired) electrons. The van der Waals surface area contributed by atoms with Crippen LogP contribution in [0.2, 0.25) is 5.02 Å². The van der Waals surface area contributed by atoms with Gasteiger partial charge in [-0.05, 0) is 36.8 Å². The monoisotopic (exact) mass is 417 g/mol. The molecule has 1 heterocycles. The van der Waals surface area contributed by atoms with E-state index in [2.05, 4.69) is 10.3 Å². The van der Waals surface area contributed by atoms with Crippen molar-refractivity contribution in [2.24, 2.45) is 4.99 Å². The van der Waals surface area contributed by atoms with Crippen molar-refractivity contribution in [2.75, 3.05) is 19.5 Å². The second-order valence-electron chi connectivity index (χ2n) is 6.28. The molecule has 2 amide bonds. The number of carbonyl (C=O) groups excluding carboxylic acids is 2. The number of ether oxygens (including phenoxy) is 1. The Labute approximate surface area is 172 Å². The molecule has 2 aromatic carbocycles. The third-order valence-electron chi connectivity index (χ3n) is 4.31. The Morgan fingerprint density at radius 3 is 2.79 bits per heavy atom. The second-order valence-corrected chi connectivity index (χ2v) is 7.86. The minimum Gasteiger partial charge on any atom is -0.495 e. The lowest BCUT2D eigenvalue weighted by molar-refractivity contribution is -0.128. The predicted molar refractivity (Wildman–Crippen MR) is 114 cm³/mol. The Hall–Kier alpha value is -2.51. The van der Waals surface area contributed by atoms with Crippen molar-refractivity contribution in [1.82, 2.24) is 4.90 Å². The Kier molecular flexibility index (Phi) is 6.26. The Morgan fingerprint density at radius 2 is 2.07 bits per heavy atom. The molecule has 0 aromatic heterocycles. The summed E-state index contributed by atoms with van der Waals surface area (Å²) in [5.41, 5.74) is 2.13. The molecular weight excluding hydrogens is 398 g/mol. The van der Waals surface area contributed by atoms with Crippen LogP contribution in [0.1, 0.15) is 12.0 Å². The predicted octanol–water partition coefficient (Wildman–Crippen LogP) is 4.25. The van der Waals surface area contributed by atoms with Crippen LogP contribution in [0.3, 0.4) is 0 Å². The fourth-order valence-corrected chi connectivity index (χ4v) is 3.86. The number of hydrogen-bond donors (Lipinski definition) is 1. The quantitative estimate of drug-likeness (QED) is 0.807. The number of rotatable bonds is 4. The summed E-state index contributed by atoms with van der Waals surface area (Å²) < 4.78 is 5.26. The van der Waals surface area contributed by atoms with E-state index in [-0.39, 0.29) is 18.2 Å². The zero-order chi connectivity index (χ0) is 20.3. The average molecular weight is 418 g/mol. The van der Waals surface area contributed by atoms with Crippen molar-refractivity contribution in [3.63, 3.8) is 0 Å². The molecule has 1 fully saturated rings. The highest BCUT2D eigenvalue weighted by molar-refractivity contribution is 8.15. The van der Waals surface area contributed by atoms with E-state index in [0.717, 1.165) is 5.56 Å². The topological polar surface area (TPSA) is 71.0 Å². The third kappa shape index (κ3) is 4.48. The molecule has 146 valence electrons. The second kappa shape index (κ2) is 8.67. The highest BCUT2D eigenvalue weighted by atomic mass is 35.5. The number of para-hydroxylation sites is 2. The average Bonchev–Trinajstić information content (AvgIpc) is 2.68. The van der Waals surface area contributed by atoms with Crippen molar-refractivity contribution in [1.29, 1.82) is 0 Å². The smallest absolute Gasteiger partial charge is 0.238 e. The van der Waals surface area contributed by atoms with Crippen molar-refractivity contribution >= 4 is 51.7 Å². The van der Waals surface area contributed by atoms with Crippen LogP contribution in [0.4, 0.5) is 11.4 Å². The minimum atomic E-state index is -0.590. The molecule has 8 heteroatoms. The van der Waals surface area contributed by atoms with E-state index in [1.54, 1.807) is 31.3 Å². The van der Waals surface area contributed by atoms with Crippen LogP contribution in [0.5, 0.6) is 5.75 Å². The van der Waals surface area contributed by atoms with Crippen LogP contribution in [-0.4, -0.2) is 41.3 Å². The summed E-state index contributed by atoms with van der Waals surface area (Å²) in [5, 5.41) is 3.30. The van der Waals surface area contributed by atoms with E-state index in [1.165, 1.54) is 23.8 Å². The van der Waals surface area contributed by atoms with Crippen LogP contribution in [-0.2, 0) is 9.59 Å². The van der Waals surface area contributed by atoms with E-state index in [4.69, 9.17) is 16.3 Å². The van der Waals surface area contributed by atoms with Gasteiger partial charge in [-0.2, -0.15) is 0 Å². The molecule has 3 rings (SSSR count). The van der Waals surface area contributed by atoms with Crippen LogP contribution in [0.15, 0.2) is 47.5 Å². The summed E-state index contributed by atoms with van der Waals surface area (Å²) in [6.07, 6.45) is 0.0931. The molecular formula is C20H20ClN3O3S. The van der Waals surface area contributed by atoms with Crippen LogP contribution >= 0.6 is 23.4 Å². The number of halogens is 1. The fraction of sp³-hybridized carbons (Fsp3) is 0.250. The first-order chi connectivity index (χ1) is 13.4. The molecule has 0 bridgehead atoms. The number of amidine groups is 1. The largest absolute Gasteiger partial charge is 0.495 e. The van der Waals surface area contributed by atoms with Gasteiger partial charge in [-0.3, -0.25) is 14.5 Å². The molecule has 1 N–H and O–H groups in total. The van der Waals surface area contributed by atoms with Gasteiger partial charge < -0.3 is 10.1 Å². The Balaban J connectivity index is 1.81. The Morgan fingerprint density at radius 1 is 1.32 bits per heavy atom. The number of nitrogens with one attached hydrogen (secondary N) is 1. The zero-order valence-corrected chi connectivity index (χ0v) is 17.3. The van der Waals surface area contributed by atoms with Crippen molar-refractivity contribution in [3.05, 3.63) is 53.1 Å². The van der Waals surface area contributed by atoms with E-state index in [9.17, 15) is 9.59 Å². The molecule has 28 heavy (non-hydrogen) atoms. The summed E-state index contributed by atoms with van der Waals surface area (Å²) in [6.45, 7) is 1.91. The number of nitrogens with zero attached hydrogens (tertiary/aromatic N) is 2. The molecule has 6 nitrogen and oxygen atoms in total. The van der Waals surface area contributed by atoms with Gasteiger partial charge >= 0.3 is 0 Å². The zero-order valence-electron chi connectivity index (χ0n) is 15.7. The number of thioether (sulfide) groups is 1. The SMILES string of the molecule is COc1ccccc1NC(=O)C1CC(=O)N(C)C(=Nc2ccc(C)c(Cl)c2)S1. The minimum absolute atomic E-state index is 0.0931. The van der Waals surface area contributed by atoms with Gasteiger partial charge in [-0.1, -0.05) is 41.6 Å². The van der Waals surface area contributed by atoms with Gasteiger partial charge in [0.25, 0.3) is 0 Å². The van der Waals surface area contributed by atoms with Crippen LogP contribution in [0.25, 0.3) is 0 Å². The molecule has 1 aliphatic heterocycles. The number of aryl methyl sites for hydroxylation is 1. The first kappa shape index (κ1) is 20.2. The molecule has 0 spiro atoms. The van der Waals surface area contributed by atoms with Gasteiger partial charge in [0, 0.05) is 18.5 Å². The number of amides is 2. The lowest BCUT2D eigenvalue weighted by Gasteiger charge is -2.29. The Bertz CT molecular complexity index is 948. The molecule has 1 aliphatic rings. The third-order valence-corrected chi connectivity index (χ3v) is 5.95. The molecule has 0 saturated carbocycles. The first-order valence-corrected chi connectivity index (χ1v) is 9.86. The van der Waals surface area contributed by atoms with Gasteiger partial charge in [0.15, 0.2) is 5.17 Å². The number of methoxy groups -OCH3 is 1. The standard InChI is InChI=1S/C20H20ClN3O3S/c1-12-8-9-13(10-14(12)21)22-20-24(2)18(25)11-17(28-20)19(26)23-15-6-4-5-7-16(15)27-3/h4-10,17H,11H2,1-3H3,(H,23,26). The molecule has 2 aromatic rings. The summed E-state index contributed by atoms with van der Waals surface area (Å²) in [4.78, 5) is 31.1. The number of carbonyl (C=O) groups is 2. The van der Waals surface area contributed by atoms with E-state index < -0.39 is 5.25 Å². The summed E-state index contributed by atoms with van der Waals surface area (Å²) in [6, 6.07) is 12.6. The van der Waals surface area contributed by atoms with Gasteiger partial charge in [0.2, 0.25) is 11.8 Å². The fourth-order valence-electron chi connectivity index (χ4n) is 2.62. The number of hydrogen-bond acceptors (Lipinski definition) is 5. The summed E-state index contributed by atoms with van der Waals surface area (Å²) >= 11 is 7.41. The van der Waals surface area contributed by atoms with Gasteiger partial charge in [0.1, 0.15) is 11.0 Å². The summed E-state index contributed by atoms with van der Waals surface area (Å²) in [7, 11) is 3.19. The van der Waals surface area contributed by atoms with Crippen molar-refractivity contribution in [3.8, 4) is 5.75 Å². The van der Waals surface area contributed by atoms with Crippen LogP contribution < -0.4 is 10.1 Å². The van der Waals surface area contributed by atoms with Crippen molar-refractivity contribution in [2.45, 2.75) is 18.6 Å². The lowest BCUT2D eigenvalue weighted by atomic mass is 10.2. The molecule has 1 atom stereocenters. The number of aliphatic imine (C=N–C) groups is 1. The molecule has 0 aliphatic carbocycles. The van der Waals surface area contributed by atoms with Crippen LogP contribution in [0, 0.1) is 6.92 Å². The van der Waals surface area contributed by atoms with E-state index in [0.29, 0.717) is 27.3 Å². The van der Waals surface area contributed by atoms with E-state index >= 15 is 0 Å². The number of anilines is 1. The highest BCUT2D eigenvalue weighted by Gasteiger charge is 2.34. The number of benzene rings is 2. The van der Waals surface area contributed by atoms with Gasteiger partial charge in [0.05, 0.1) is 18.5 Å². The molecule has 1 unspecified atom stereocenters. The maximum Gasteiger partial charge on any atom is 0.238 e. The van der Waals surface area contributed by atoms with Crippen molar-refractivity contribution < 1.29 is 14.3 Å². The first-order valence-electron chi connectivity index (χ1n) is 8.61. The molecule has 1 saturated heterocycles. The maximum atomic E-state index is 12.8. The lowest BCUT2D eigenvalue weighted by Crippen LogP contribution is -2.43.